The summed E-state index contributed by atoms with van der Waals surface area (Å²) >= 11 is 3.37. The van der Waals surface area contributed by atoms with Crippen LogP contribution in [-0.4, -0.2) is 35.2 Å². The van der Waals surface area contributed by atoms with Crippen LogP contribution in [0.4, 0.5) is 0 Å². The number of esters is 1. The van der Waals surface area contributed by atoms with Gasteiger partial charge in [-0.05, 0) is 22.9 Å². The van der Waals surface area contributed by atoms with Crippen LogP contribution in [0.25, 0.3) is 0 Å². The Labute approximate surface area is 102 Å². The first-order valence-corrected chi connectivity index (χ1v) is 6.16. The lowest BCUT2D eigenvalue weighted by Crippen LogP contribution is -2.17. The van der Waals surface area contributed by atoms with Crippen molar-refractivity contribution in [2.45, 2.75) is 19.9 Å². The van der Waals surface area contributed by atoms with Crippen LogP contribution in [0.5, 0.6) is 0 Å². The highest BCUT2D eigenvalue weighted by molar-refractivity contribution is 9.10. The third kappa shape index (κ3) is 2.12. The number of fused-ring (bicyclic) bond motifs is 1. The Morgan fingerprint density at radius 2 is 2.44 bits per heavy atom. The van der Waals surface area contributed by atoms with E-state index < -0.39 is 0 Å². The standard InChI is InChI=1S/C10H14BrN3O2/c1-2-16-9(15)8-7-3-4-12-5-6-14(7)10(11)13-8/h12H,2-6H2,1H3. The summed E-state index contributed by atoms with van der Waals surface area (Å²) in [6.07, 6.45) is 0.798. The Morgan fingerprint density at radius 1 is 1.62 bits per heavy atom. The number of carbonyl (C=O) groups excluding carboxylic acids is 1. The highest BCUT2D eigenvalue weighted by Crippen LogP contribution is 2.19. The molecule has 1 aliphatic heterocycles. The van der Waals surface area contributed by atoms with Gasteiger partial charge in [0.15, 0.2) is 10.4 Å². The fourth-order valence-electron chi connectivity index (χ4n) is 1.82. The van der Waals surface area contributed by atoms with Crippen molar-refractivity contribution in [2.24, 2.45) is 0 Å². The van der Waals surface area contributed by atoms with Crippen LogP contribution < -0.4 is 5.32 Å². The average molecular weight is 288 g/mol. The molecule has 1 aromatic heterocycles. The van der Waals surface area contributed by atoms with Gasteiger partial charge < -0.3 is 14.6 Å². The molecule has 0 saturated heterocycles. The Kier molecular flexibility index (Phi) is 3.60. The molecule has 5 nitrogen and oxygen atoms in total. The molecule has 2 heterocycles. The first kappa shape index (κ1) is 11.6. The molecule has 6 heteroatoms. The van der Waals surface area contributed by atoms with E-state index in [0.29, 0.717) is 17.0 Å². The van der Waals surface area contributed by atoms with E-state index in [-0.39, 0.29) is 5.97 Å². The van der Waals surface area contributed by atoms with Crippen LogP contribution in [0.2, 0.25) is 0 Å². The number of ether oxygens (including phenoxy) is 1. The second-order valence-electron chi connectivity index (χ2n) is 3.55. The molecule has 0 aliphatic carbocycles. The zero-order chi connectivity index (χ0) is 11.5. The Balaban J connectivity index is 2.35. The normalized spacial score (nSPS) is 15.4. The van der Waals surface area contributed by atoms with Crippen molar-refractivity contribution < 1.29 is 9.53 Å². The first-order chi connectivity index (χ1) is 7.74. The van der Waals surface area contributed by atoms with Gasteiger partial charge in [0.05, 0.1) is 12.3 Å². The van der Waals surface area contributed by atoms with E-state index in [1.807, 2.05) is 4.57 Å². The van der Waals surface area contributed by atoms with Crippen LogP contribution in [-0.2, 0) is 17.7 Å². The maximum Gasteiger partial charge on any atom is 0.358 e. The third-order valence-electron chi connectivity index (χ3n) is 2.55. The number of imidazole rings is 1. The Bertz CT molecular complexity index is 403. The predicted octanol–water partition coefficient (Wildman–Crippen LogP) is 0.968. The van der Waals surface area contributed by atoms with Gasteiger partial charge in [-0.1, -0.05) is 0 Å². The number of hydrogen-bond acceptors (Lipinski definition) is 4. The number of rotatable bonds is 2. The van der Waals surface area contributed by atoms with Crippen molar-refractivity contribution in [2.75, 3.05) is 19.7 Å². The van der Waals surface area contributed by atoms with Crippen molar-refractivity contribution >= 4 is 21.9 Å². The minimum atomic E-state index is -0.334. The fraction of sp³-hybridized carbons (Fsp3) is 0.600. The molecular formula is C10H14BrN3O2. The molecule has 1 aliphatic rings. The summed E-state index contributed by atoms with van der Waals surface area (Å²) in [6, 6.07) is 0. The molecule has 1 aromatic rings. The molecule has 88 valence electrons. The minimum absolute atomic E-state index is 0.334. The lowest BCUT2D eigenvalue weighted by atomic mass is 10.2. The summed E-state index contributed by atoms with van der Waals surface area (Å²) in [6.45, 7) is 4.75. The van der Waals surface area contributed by atoms with E-state index >= 15 is 0 Å². The Hall–Kier alpha value is -0.880. The van der Waals surface area contributed by atoms with Crippen molar-refractivity contribution in [3.8, 4) is 0 Å². The largest absolute Gasteiger partial charge is 0.461 e. The summed E-state index contributed by atoms with van der Waals surface area (Å²) in [5.41, 5.74) is 1.40. The summed E-state index contributed by atoms with van der Waals surface area (Å²) in [5.74, 6) is -0.334. The third-order valence-corrected chi connectivity index (χ3v) is 3.15. The lowest BCUT2D eigenvalue weighted by Gasteiger charge is -2.04. The minimum Gasteiger partial charge on any atom is -0.461 e. The predicted molar refractivity (Wildman–Crippen MR) is 62.5 cm³/mol. The second kappa shape index (κ2) is 4.97. The number of halogens is 1. The van der Waals surface area contributed by atoms with Crippen molar-refractivity contribution in [3.63, 3.8) is 0 Å². The number of nitrogens with zero attached hydrogens (tertiary/aromatic N) is 2. The van der Waals surface area contributed by atoms with Crippen LogP contribution in [0, 0.1) is 0 Å². The van der Waals surface area contributed by atoms with Gasteiger partial charge in [-0.3, -0.25) is 0 Å². The van der Waals surface area contributed by atoms with Gasteiger partial charge in [-0.2, -0.15) is 0 Å². The molecule has 0 fully saturated rings. The Morgan fingerprint density at radius 3 is 3.19 bits per heavy atom. The molecule has 0 bridgehead atoms. The van der Waals surface area contributed by atoms with E-state index in [0.717, 1.165) is 31.7 Å². The highest BCUT2D eigenvalue weighted by atomic mass is 79.9. The quantitative estimate of drug-likeness (QED) is 0.824. The molecular weight excluding hydrogens is 274 g/mol. The van der Waals surface area contributed by atoms with Crippen molar-refractivity contribution in [3.05, 3.63) is 16.1 Å². The summed E-state index contributed by atoms with van der Waals surface area (Å²) < 4.78 is 7.72. The van der Waals surface area contributed by atoms with E-state index in [4.69, 9.17) is 4.74 Å². The van der Waals surface area contributed by atoms with Crippen LogP contribution in [0.3, 0.4) is 0 Å². The topological polar surface area (TPSA) is 56.1 Å². The second-order valence-corrected chi connectivity index (χ2v) is 4.26. The molecule has 0 unspecified atom stereocenters. The molecule has 0 radical (unpaired) electrons. The molecule has 0 amide bonds. The summed E-state index contributed by atoms with van der Waals surface area (Å²) in [4.78, 5) is 15.9. The van der Waals surface area contributed by atoms with Gasteiger partial charge >= 0.3 is 5.97 Å². The van der Waals surface area contributed by atoms with Gasteiger partial charge in [-0.15, -0.1) is 0 Å². The molecule has 16 heavy (non-hydrogen) atoms. The molecule has 1 N–H and O–H groups in total. The number of aromatic nitrogens is 2. The maximum atomic E-state index is 11.7. The van der Waals surface area contributed by atoms with E-state index in [2.05, 4.69) is 26.2 Å². The SMILES string of the molecule is CCOC(=O)c1nc(Br)n2c1CCNCC2. The van der Waals surface area contributed by atoms with Gasteiger partial charge in [0.25, 0.3) is 0 Å². The average Bonchev–Trinajstić information content (AvgIpc) is 2.47. The summed E-state index contributed by atoms with van der Waals surface area (Å²) in [7, 11) is 0. The molecule has 0 aromatic carbocycles. The first-order valence-electron chi connectivity index (χ1n) is 5.36. The maximum absolute atomic E-state index is 11.7. The monoisotopic (exact) mass is 287 g/mol. The van der Waals surface area contributed by atoms with E-state index in [1.165, 1.54) is 0 Å². The highest BCUT2D eigenvalue weighted by Gasteiger charge is 2.22. The zero-order valence-corrected chi connectivity index (χ0v) is 10.7. The summed E-state index contributed by atoms with van der Waals surface area (Å²) in [5, 5.41) is 3.28. The zero-order valence-electron chi connectivity index (χ0n) is 9.12. The van der Waals surface area contributed by atoms with Gasteiger partial charge in [0, 0.05) is 26.1 Å². The van der Waals surface area contributed by atoms with Gasteiger partial charge in [-0.25, -0.2) is 9.78 Å². The van der Waals surface area contributed by atoms with Crippen LogP contribution in [0.1, 0.15) is 23.1 Å². The molecule has 0 saturated carbocycles. The molecule has 0 spiro atoms. The number of hydrogen-bond donors (Lipinski definition) is 1. The van der Waals surface area contributed by atoms with Gasteiger partial charge in [0.1, 0.15) is 0 Å². The van der Waals surface area contributed by atoms with E-state index in [9.17, 15) is 4.79 Å². The molecule has 2 rings (SSSR count). The van der Waals surface area contributed by atoms with E-state index in [1.54, 1.807) is 6.92 Å². The van der Waals surface area contributed by atoms with Crippen LogP contribution >= 0.6 is 15.9 Å². The molecule has 0 atom stereocenters. The van der Waals surface area contributed by atoms with Crippen molar-refractivity contribution in [1.82, 2.24) is 14.9 Å². The lowest BCUT2D eigenvalue weighted by molar-refractivity contribution is 0.0518. The van der Waals surface area contributed by atoms with Crippen molar-refractivity contribution in [1.29, 1.82) is 0 Å². The number of carbonyl (C=O) groups is 1. The number of nitrogens with one attached hydrogen (secondary N) is 1. The fourth-order valence-corrected chi connectivity index (χ4v) is 2.39. The van der Waals surface area contributed by atoms with Crippen LogP contribution in [0.15, 0.2) is 4.73 Å². The van der Waals surface area contributed by atoms with Gasteiger partial charge in [0.2, 0.25) is 0 Å². The smallest absolute Gasteiger partial charge is 0.358 e.